The van der Waals surface area contributed by atoms with Crippen molar-refractivity contribution < 1.29 is 4.39 Å². The number of hydrogen-bond acceptors (Lipinski definition) is 2. The van der Waals surface area contributed by atoms with Crippen molar-refractivity contribution in [1.82, 2.24) is 9.78 Å². The molecule has 1 aromatic carbocycles. The summed E-state index contributed by atoms with van der Waals surface area (Å²) in [6.07, 6.45) is 1.99. The molecule has 1 aromatic heterocycles. The second-order valence-corrected chi connectivity index (χ2v) is 4.79. The first kappa shape index (κ1) is 13.6. The molecule has 0 aliphatic rings. The quantitative estimate of drug-likeness (QED) is 0.911. The molecule has 0 saturated carbocycles. The van der Waals surface area contributed by atoms with Crippen LogP contribution in [0.2, 0.25) is 0 Å². The first-order valence-electron chi connectivity index (χ1n) is 6.66. The van der Waals surface area contributed by atoms with E-state index in [0.29, 0.717) is 11.7 Å². The number of rotatable bonds is 4. The van der Waals surface area contributed by atoms with Gasteiger partial charge in [0.25, 0.3) is 0 Å². The molecule has 2 N–H and O–H groups in total. The van der Waals surface area contributed by atoms with E-state index in [1.54, 1.807) is 10.7 Å². The molecule has 19 heavy (non-hydrogen) atoms. The number of nitrogens with two attached hydrogens (primary N) is 1. The lowest BCUT2D eigenvalue weighted by atomic mass is 9.93. The van der Waals surface area contributed by atoms with Crippen LogP contribution in [0.3, 0.4) is 0 Å². The van der Waals surface area contributed by atoms with Crippen molar-refractivity contribution in [1.29, 1.82) is 0 Å². The van der Waals surface area contributed by atoms with E-state index in [1.807, 2.05) is 13.1 Å². The Kier molecular flexibility index (Phi) is 3.88. The van der Waals surface area contributed by atoms with Crippen LogP contribution >= 0.6 is 0 Å². The Morgan fingerprint density at radius 1 is 1.32 bits per heavy atom. The summed E-state index contributed by atoms with van der Waals surface area (Å²) < 4.78 is 15.1. The lowest BCUT2D eigenvalue weighted by molar-refractivity contribution is 0.605. The first-order chi connectivity index (χ1) is 9.08. The minimum absolute atomic E-state index is 0.253. The highest BCUT2D eigenvalue weighted by Gasteiger charge is 2.21. The van der Waals surface area contributed by atoms with Gasteiger partial charge >= 0.3 is 0 Å². The van der Waals surface area contributed by atoms with Crippen LogP contribution in [0.15, 0.2) is 24.3 Å². The average molecular weight is 261 g/mol. The molecule has 0 bridgehead atoms. The van der Waals surface area contributed by atoms with Gasteiger partial charge in [0.05, 0.1) is 5.69 Å². The normalized spacial score (nSPS) is 11.2. The lowest BCUT2D eigenvalue weighted by Crippen LogP contribution is -1.99. The summed E-state index contributed by atoms with van der Waals surface area (Å²) in [5, 5.41) is 4.53. The van der Waals surface area contributed by atoms with Crippen LogP contribution in [0, 0.1) is 5.82 Å². The van der Waals surface area contributed by atoms with Crippen LogP contribution in [0.5, 0.6) is 0 Å². The van der Waals surface area contributed by atoms with Crippen molar-refractivity contribution in [2.45, 2.75) is 32.6 Å². The van der Waals surface area contributed by atoms with Crippen molar-refractivity contribution in [3.8, 4) is 11.1 Å². The molecule has 102 valence electrons. The Morgan fingerprint density at radius 3 is 2.58 bits per heavy atom. The largest absolute Gasteiger partial charge is 0.383 e. The summed E-state index contributed by atoms with van der Waals surface area (Å²) in [4.78, 5) is 0. The van der Waals surface area contributed by atoms with Crippen LogP contribution in [-0.2, 0) is 7.05 Å². The number of nitrogens with zero attached hydrogens (tertiary/aromatic N) is 2. The fourth-order valence-electron chi connectivity index (χ4n) is 2.46. The number of aryl methyl sites for hydroxylation is 1. The monoisotopic (exact) mass is 261 g/mol. The zero-order valence-corrected chi connectivity index (χ0v) is 11.7. The first-order valence-corrected chi connectivity index (χ1v) is 6.66. The van der Waals surface area contributed by atoms with Gasteiger partial charge in [-0.15, -0.1) is 0 Å². The highest BCUT2D eigenvalue weighted by Crippen LogP contribution is 2.36. The maximum atomic E-state index is 13.4. The molecule has 0 saturated heterocycles. The van der Waals surface area contributed by atoms with E-state index in [0.717, 1.165) is 29.7 Å². The molecule has 2 rings (SSSR count). The predicted molar refractivity (Wildman–Crippen MR) is 76.3 cm³/mol. The highest BCUT2D eigenvalue weighted by atomic mass is 19.1. The Hall–Kier alpha value is -1.84. The Morgan fingerprint density at radius 2 is 2.00 bits per heavy atom. The van der Waals surface area contributed by atoms with Gasteiger partial charge in [0.1, 0.15) is 11.6 Å². The van der Waals surface area contributed by atoms with E-state index in [-0.39, 0.29) is 5.82 Å². The van der Waals surface area contributed by atoms with E-state index >= 15 is 0 Å². The summed E-state index contributed by atoms with van der Waals surface area (Å²) in [5.41, 5.74) is 8.75. The SMILES string of the molecule is CCC(CC)c1nn(C)c(N)c1-c1cccc(F)c1. The topological polar surface area (TPSA) is 43.8 Å². The molecule has 4 heteroatoms. The fraction of sp³-hybridized carbons (Fsp3) is 0.400. The Labute approximate surface area is 113 Å². The second-order valence-electron chi connectivity index (χ2n) is 4.79. The molecule has 1 heterocycles. The van der Waals surface area contributed by atoms with Gasteiger partial charge in [-0.1, -0.05) is 26.0 Å². The molecule has 3 nitrogen and oxygen atoms in total. The van der Waals surface area contributed by atoms with Crippen LogP contribution in [-0.4, -0.2) is 9.78 Å². The molecule has 0 fully saturated rings. The van der Waals surface area contributed by atoms with Gasteiger partial charge in [0.2, 0.25) is 0 Å². The Bertz CT molecular complexity index is 571. The zero-order valence-electron chi connectivity index (χ0n) is 11.7. The summed E-state index contributed by atoms with van der Waals surface area (Å²) in [5.74, 6) is 0.686. The molecule has 0 aliphatic heterocycles. The van der Waals surface area contributed by atoms with E-state index in [2.05, 4.69) is 18.9 Å². The minimum Gasteiger partial charge on any atom is -0.383 e. The number of nitrogen functional groups attached to an aromatic ring is 1. The molecule has 0 unspecified atom stereocenters. The maximum Gasteiger partial charge on any atom is 0.129 e. The number of benzene rings is 1. The lowest BCUT2D eigenvalue weighted by Gasteiger charge is -2.12. The average Bonchev–Trinajstić information content (AvgIpc) is 2.67. The zero-order chi connectivity index (χ0) is 14.0. The molecule has 0 radical (unpaired) electrons. The number of halogens is 1. The summed E-state index contributed by atoms with van der Waals surface area (Å²) in [6, 6.07) is 6.53. The molecule has 0 aliphatic carbocycles. The number of aromatic nitrogens is 2. The van der Waals surface area contributed by atoms with Gasteiger partial charge in [-0.25, -0.2) is 4.39 Å². The van der Waals surface area contributed by atoms with Gasteiger partial charge in [-0.05, 0) is 30.5 Å². The van der Waals surface area contributed by atoms with Crippen molar-refractivity contribution in [2.75, 3.05) is 5.73 Å². The van der Waals surface area contributed by atoms with Crippen LogP contribution < -0.4 is 5.73 Å². The summed E-state index contributed by atoms with van der Waals surface area (Å²) in [6.45, 7) is 4.27. The smallest absolute Gasteiger partial charge is 0.129 e. The molecular weight excluding hydrogens is 241 g/mol. The molecule has 0 atom stereocenters. The minimum atomic E-state index is -0.253. The van der Waals surface area contributed by atoms with Crippen molar-refractivity contribution in [2.24, 2.45) is 7.05 Å². The van der Waals surface area contributed by atoms with E-state index < -0.39 is 0 Å². The molecule has 0 amide bonds. The number of anilines is 1. The van der Waals surface area contributed by atoms with Gasteiger partial charge in [-0.2, -0.15) is 5.10 Å². The van der Waals surface area contributed by atoms with Gasteiger partial charge < -0.3 is 5.73 Å². The number of hydrogen-bond donors (Lipinski definition) is 1. The third-order valence-electron chi connectivity index (χ3n) is 3.60. The maximum absolute atomic E-state index is 13.4. The Balaban J connectivity index is 2.61. The summed E-state index contributed by atoms with van der Waals surface area (Å²) in [7, 11) is 1.82. The fourth-order valence-corrected chi connectivity index (χ4v) is 2.46. The molecular formula is C15H20FN3. The highest BCUT2D eigenvalue weighted by molar-refractivity contribution is 5.77. The van der Waals surface area contributed by atoms with Gasteiger partial charge in [0.15, 0.2) is 0 Å². The molecule has 0 spiro atoms. The van der Waals surface area contributed by atoms with Gasteiger partial charge in [-0.3, -0.25) is 4.68 Å². The van der Waals surface area contributed by atoms with Crippen molar-refractivity contribution in [3.63, 3.8) is 0 Å². The summed E-state index contributed by atoms with van der Waals surface area (Å²) >= 11 is 0. The van der Waals surface area contributed by atoms with E-state index in [4.69, 9.17) is 5.73 Å². The van der Waals surface area contributed by atoms with Gasteiger partial charge in [0, 0.05) is 18.5 Å². The van der Waals surface area contributed by atoms with E-state index in [1.165, 1.54) is 12.1 Å². The van der Waals surface area contributed by atoms with Crippen molar-refractivity contribution in [3.05, 3.63) is 35.8 Å². The second kappa shape index (κ2) is 5.43. The predicted octanol–water partition coefficient (Wildman–Crippen LogP) is 3.71. The third-order valence-corrected chi connectivity index (χ3v) is 3.60. The third kappa shape index (κ3) is 2.48. The standard InChI is InChI=1S/C15H20FN3/c1-4-10(5-2)14-13(15(17)19(3)18-14)11-7-6-8-12(16)9-11/h6-10H,4-5,17H2,1-3H3. The van der Waals surface area contributed by atoms with E-state index in [9.17, 15) is 4.39 Å². The molecule has 2 aromatic rings. The van der Waals surface area contributed by atoms with Crippen LogP contribution in [0.4, 0.5) is 10.2 Å². The van der Waals surface area contributed by atoms with Crippen molar-refractivity contribution >= 4 is 5.82 Å². The van der Waals surface area contributed by atoms with Crippen LogP contribution in [0.1, 0.15) is 38.3 Å². The van der Waals surface area contributed by atoms with Crippen LogP contribution in [0.25, 0.3) is 11.1 Å².